The molecule has 1 unspecified atom stereocenters. The smallest absolute Gasteiger partial charge is 0 e. The van der Waals surface area contributed by atoms with Crippen molar-refractivity contribution in [2.45, 2.75) is 12.6 Å². The maximum absolute atomic E-state index is 2.45. The Labute approximate surface area is 209 Å². The van der Waals surface area contributed by atoms with Crippen LogP contribution in [0.5, 0.6) is 0 Å². The average Bonchev–Trinajstić information content (AvgIpc) is 2.80. The predicted octanol–water partition coefficient (Wildman–Crippen LogP) is 6.06. The van der Waals surface area contributed by atoms with Crippen LogP contribution in [0.1, 0.15) is 6.92 Å². The number of rotatable bonds is 7. The Morgan fingerprint density at radius 2 is 0.806 bits per heavy atom. The van der Waals surface area contributed by atoms with Crippen LogP contribution in [0.2, 0.25) is 0 Å². The molecular weight excluding hydrogens is 528 g/mol. The Balaban J connectivity index is 0.00000171. The molecule has 0 heterocycles. The first-order chi connectivity index (χ1) is 14.3. The third-order valence-electron chi connectivity index (χ3n) is 5.09. The number of benzene rings is 4. The molecule has 0 fully saturated rings. The summed E-state index contributed by atoms with van der Waals surface area (Å²) in [4.78, 5) is 0. The zero-order valence-electron chi connectivity index (χ0n) is 17.5. The van der Waals surface area contributed by atoms with Crippen molar-refractivity contribution in [2.24, 2.45) is 0 Å². The zero-order valence-corrected chi connectivity index (χ0v) is 21.6. The van der Waals surface area contributed by atoms with E-state index in [9.17, 15) is 0 Å². The fourth-order valence-corrected chi connectivity index (χ4v) is 9.51. The molecule has 0 nitrogen and oxygen atoms in total. The largest absolute Gasteiger partial charge is 0.147 e. The average molecular weight is 555 g/mol. The molecule has 0 saturated heterocycles. The Kier molecular flexibility index (Phi) is 11.1. The second kappa shape index (κ2) is 13.3. The van der Waals surface area contributed by atoms with Gasteiger partial charge in [-0.1, -0.05) is 128 Å². The maximum Gasteiger partial charge on any atom is 0 e. The van der Waals surface area contributed by atoms with Crippen molar-refractivity contribution in [1.29, 1.82) is 0 Å². The maximum atomic E-state index is 2.45. The van der Waals surface area contributed by atoms with E-state index in [0.717, 1.165) is 0 Å². The third kappa shape index (κ3) is 6.83. The quantitative estimate of drug-likeness (QED) is 0.192. The Morgan fingerprint density at radius 1 is 0.516 bits per heavy atom. The first-order valence-electron chi connectivity index (χ1n) is 10.1. The van der Waals surface area contributed by atoms with Crippen LogP contribution in [-0.4, -0.2) is 11.8 Å². The van der Waals surface area contributed by atoms with E-state index in [-0.39, 0.29) is 40.8 Å². The van der Waals surface area contributed by atoms with Gasteiger partial charge < -0.3 is 0 Å². The van der Waals surface area contributed by atoms with Crippen LogP contribution in [-0.2, 0) is 20.4 Å². The molecule has 0 amide bonds. The minimum Gasteiger partial charge on any atom is -0.147 e. The number of halogens is 1. The topological polar surface area (TPSA) is 0 Å². The van der Waals surface area contributed by atoms with E-state index >= 15 is 0 Å². The molecule has 31 heavy (non-hydrogen) atoms. The van der Waals surface area contributed by atoms with E-state index in [1.165, 1.54) is 27.4 Å². The third-order valence-corrected chi connectivity index (χ3v) is 10.9. The summed E-state index contributed by atoms with van der Waals surface area (Å²) in [5, 5.41) is 5.88. The van der Waals surface area contributed by atoms with Crippen LogP contribution >= 0.6 is 28.3 Å². The van der Waals surface area contributed by atoms with Crippen molar-refractivity contribution in [3.63, 3.8) is 0 Å². The minimum absolute atomic E-state index is 0. The Morgan fingerprint density at radius 3 is 1.13 bits per heavy atom. The summed E-state index contributed by atoms with van der Waals surface area (Å²) in [6, 6.07) is 44.3. The second-order valence-corrected chi connectivity index (χ2v) is 12.1. The van der Waals surface area contributed by atoms with Crippen LogP contribution in [0.15, 0.2) is 121 Å². The molecule has 0 radical (unpaired) electrons. The van der Waals surface area contributed by atoms with Crippen molar-refractivity contribution in [1.82, 2.24) is 0 Å². The zero-order chi connectivity index (χ0) is 19.9. The SMILES string of the molecule is CC(CP(c1ccccc1)c1ccccc1)P(c1ccccc1)c1ccccc1.Cl.[Pd]. The Bertz CT molecular complexity index is 919. The first-order valence-corrected chi connectivity index (χ1v) is 13.0. The van der Waals surface area contributed by atoms with E-state index < -0.39 is 7.92 Å². The summed E-state index contributed by atoms with van der Waals surface area (Å²) in [5.74, 6) is 0. The summed E-state index contributed by atoms with van der Waals surface area (Å²) >= 11 is 0. The van der Waals surface area contributed by atoms with Gasteiger partial charge in [0.1, 0.15) is 0 Å². The molecule has 162 valence electrons. The van der Waals surface area contributed by atoms with Crippen molar-refractivity contribution in [3.05, 3.63) is 121 Å². The summed E-state index contributed by atoms with van der Waals surface area (Å²) < 4.78 is 0. The van der Waals surface area contributed by atoms with Crippen molar-refractivity contribution >= 4 is 49.5 Å². The molecule has 0 bridgehead atoms. The molecule has 4 aromatic rings. The minimum atomic E-state index is -0.409. The van der Waals surface area contributed by atoms with Gasteiger partial charge in [-0.15, -0.1) is 12.4 Å². The standard InChI is InChI=1S/C27H26P2.ClH.Pd/c1-23(29(26-18-10-4-11-19-26)27-20-12-5-13-21-27)22-28(24-14-6-2-7-15-24)25-16-8-3-9-17-25;;/h2-21,23H,22H2,1H3;1H;. The molecule has 4 aromatic carbocycles. The van der Waals surface area contributed by atoms with Gasteiger partial charge in [0.05, 0.1) is 0 Å². The summed E-state index contributed by atoms with van der Waals surface area (Å²) in [6.07, 6.45) is 1.19. The van der Waals surface area contributed by atoms with Crippen LogP contribution in [0.3, 0.4) is 0 Å². The number of hydrogen-bond donors (Lipinski definition) is 0. The summed E-state index contributed by atoms with van der Waals surface area (Å²) in [7, 11) is -0.796. The molecule has 1 atom stereocenters. The fourth-order valence-electron chi connectivity index (χ4n) is 3.76. The normalized spacial score (nSPS) is 11.5. The van der Waals surface area contributed by atoms with E-state index in [1.807, 2.05) is 0 Å². The first kappa shape index (κ1) is 25.9. The van der Waals surface area contributed by atoms with Crippen LogP contribution < -0.4 is 21.2 Å². The van der Waals surface area contributed by atoms with Crippen molar-refractivity contribution in [2.75, 3.05) is 6.16 Å². The predicted molar refractivity (Wildman–Crippen MR) is 140 cm³/mol. The van der Waals surface area contributed by atoms with Crippen LogP contribution in [0, 0.1) is 0 Å². The van der Waals surface area contributed by atoms with Gasteiger partial charge in [-0.2, -0.15) is 0 Å². The molecule has 0 aliphatic heterocycles. The molecule has 0 aliphatic rings. The van der Waals surface area contributed by atoms with Gasteiger partial charge in [0.2, 0.25) is 0 Å². The molecule has 0 spiro atoms. The molecule has 0 aliphatic carbocycles. The molecule has 4 rings (SSSR count). The monoisotopic (exact) mass is 554 g/mol. The van der Waals surface area contributed by atoms with Gasteiger partial charge >= 0.3 is 0 Å². The van der Waals surface area contributed by atoms with Gasteiger partial charge in [0.25, 0.3) is 0 Å². The van der Waals surface area contributed by atoms with Gasteiger partial charge in [0, 0.05) is 20.4 Å². The fraction of sp³-hybridized carbons (Fsp3) is 0.111. The summed E-state index contributed by atoms with van der Waals surface area (Å²) in [5.41, 5.74) is 0.585. The van der Waals surface area contributed by atoms with E-state index in [0.29, 0.717) is 5.66 Å². The van der Waals surface area contributed by atoms with E-state index in [1.54, 1.807) is 0 Å². The molecule has 0 aromatic heterocycles. The van der Waals surface area contributed by atoms with Crippen molar-refractivity contribution in [3.8, 4) is 0 Å². The summed E-state index contributed by atoms with van der Waals surface area (Å²) in [6.45, 7) is 2.45. The van der Waals surface area contributed by atoms with Gasteiger partial charge in [-0.3, -0.25) is 0 Å². The molecule has 0 saturated carbocycles. The molecular formula is C27H27ClP2Pd. The van der Waals surface area contributed by atoms with Crippen molar-refractivity contribution < 1.29 is 20.4 Å². The molecule has 0 N–H and O–H groups in total. The number of hydrogen-bond acceptors (Lipinski definition) is 0. The molecule has 4 heteroatoms. The van der Waals surface area contributed by atoms with Crippen LogP contribution in [0.25, 0.3) is 0 Å². The van der Waals surface area contributed by atoms with Crippen LogP contribution in [0.4, 0.5) is 0 Å². The Hall–Kier alpha value is -1.31. The van der Waals surface area contributed by atoms with E-state index in [2.05, 4.69) is 128 Å². The van der Waals surface area contributed by atoms with Gasteiger partial charge in [0.15, 0.2) is 0 Å². The van der Waals surface area contributed by atoms with E-state index in [4.69, 9.17) is 0 Å². The van der Waals surface area contributed by atoms with Gasteiger partial charge in [-0.05, 0) is 48.9 Å². The van der Waals surface area contributed by atoms with Gasteiger partial charge in [-0.25, -0.2) is 0 Å². The second-order valence-electron chi connectivity index (χ2n) is 7.17.